The molecule has 1 aromatic carbocycles. The normalized spacial score (nSPS) is 17.3. The van der Waals surface area contributed by atoms with Crippen LogP contribution in [0.5, 0.6) is 5.75 Å². The van der Waals surface area contributed by atoms with E-state index >= 15 is 0 Å². The summed E-state index contributed by atoms with van der Waals surface area (Å²) in [5, 5.41) is 24.2. The Morgan fingerprint density at radius 3 is 2.86 bits per heavy atom. The van der Waals surface area contributed by atoms with Crippen LogP contribution in [0.2, 0.25) is 0 Å². The molecule has 8 heteroatoms. The van der Waals surface area contributed by atoms with Gasteiger partial charge in [-0.25, -0.2) is 4.39 Å². The first-order valence-electron chi connectivity index (χ1n) is 6.50. The lowest BCUT2D eigenvalue weighted by molar-refractivity contribution is -0.386. The van der Waals surface area contributed by atoms with Gasteiger partial charge in [0, 0.05) is 24.7 Å². The molecule has 0 bridgehead atoms. The molecule has 0 aliphatic heterocycles. The number of nitrogens with one attached hydrogen (secondary N) is 1. The highest BCUT2D eigenvalue weighted by Gasteiger charge is 2.28. The highest BCUT2D eigenvalue weighted by atomic mass is 79.9. The maximum Gasteiger partial charge on any atom is 0.312 e. The van der Waals surface area contributed by atoms with E-state index in [4.69, 9.17) is 4.74 Å². The molecule has 0 heterocycles. The molecule has 116 valence electrons. The maximum atomic E-state index is 13.5. The van der Waals surface area contributed by atoms with E-state index in [0.29, 0.717) is 12.6 Å². The van der Waals surface area contributed by atoms with Gasteiger partial charge in [-0.05, 0) is 35.7 Å². The number of nitrogens with zero attached hydrogens (tertiary/aromatic N) is 1. The fourth-order valence-corrected chi connectivity index (χ4v) is 2.04. The molecule has 0 saturated heterocycles. The van der Waals surface area contributed by atoms with E-state index in [1.807, 2.05) is 0 Å². The first-order chi connectivity index (χ1) is 9.78. The Hall–Kier alpha value is -1.25. The Labute approximate surface area is 129 Å². The molecule has 1 unspecified atom stereocenters. The van der Waals surface area contributed by atoms with E-state index in [1.165, 1.54) is 0 Å². The number of ether oxygens (including phenoxy) is 1. The van der Waals surface area contributed by atoms with E-state index < -0.39 is 16.3 Å². The maximum absolute atomic E-state index is 13.5. The molecule has 1 aliphatic rings. The summed E-state index contributed by atoms with van der Waals surface area (Å²) in [7, 11) is 0. The van der Waals surface area contributed by atoms with Gasteiger partial charge in [0.15, 0.2) is 5.75 Å². The average Bonchev–Trinajstić information content (AvgIpc) is 3.21. The van der Waals surface area contributed by atoms with Crippen molar-refractivity contribution in [1.29, 1.82) is 0 Å². The van der Waals surface area contributed by atoms with Gasteiger partial charge in [-0.3, -0.25) is 10.1 Å². The minimum Gasteiger partial charge on any atom is -0.484 e. The molecule has 0 radical (unpaired) electrons. The summed E-state index contributed by atoms with van der Waals surface area (Å²) >= 11 is 2.89. The van der Waals surface area contributed by atoms with Crippen LogP contribution >= 0.6 is 15.9 Å². The van der Waals surface area contributed by atoms with Crippen LogP contribution in [0.3, 0.4) is 0 Å². The number of hydrogen-bond donors (Lipinski definition) is 2. The minimum atomic E-state index is -1.19. The SMILES string of the molecule is CC(O)(CNC1CC1)COc1cc(F)c(Br)cc1[N+](=O)[O-]. The van der Waals surface area contributed by atoms with Crippen molar-refractivity contribution < 1.29 is 19.2 Å². The molecule has 0 spiro atoms. The summed E-state index contributed by atoms with van der Waals surface area (Å²) < 4.78 is 18.7. The summed E-state index contributed by atoms with van der Waals surface area (Å²) in [4.78, 5) is 10.3. The zero-order valence-corrected chi connectivity index (χ0v) is 13.0. The van der Waals surface area contributed by atoms with Crippen LogP contribution in [0, 0.1) is 15.9 Å². The summed E-state index contributed by atoms with van der Waals surface area (Å²) in [5.74, 6) is -0.862. The van der Waals surface area contributed by atoms with E-state index in [1.54, 1.807) is 6.92 Å². The fourth-order valence-electron chi connectivity index (χ4n) is 1.71. The summed E-state index contributed by atoms with van der Waals surface area (Å²) in [5.41, 5.74) is -1.55. The molecule has 1 aliphatic carbocycles. The van der Waals surface area contributed by atoms with E-state index in [0.717, 1.165) is 25.0 Å². The second-order valence-corrected chi connectivity index (χ2v) is 6.29. The van der Waals surface area contributed by atoms with Gasteiger partial charge in [-0.15, -0.1) is 0 Å². The third-order valence-corrected chi connectivity index (χ3v) is 3.69. The Morgan fingerprint density at radius 2 is 2.29 bits per heavy atom. The topological polar surface area (TPSA) is 84.6 Å². The van der Waals surface area contributed by atoms with Gasteiger partial charge in [-0.1, -0.05) is 0 Å². The Balaban J connectivity index is 2.03. The van der Waals surface area contributed by atoms with Crippen LogP contribution in [-0.2, 0) is 0 Å². The van der Waals surface area contributed by atoms with E-state index in [9.17, 15) is 19.6 Å². The third kappa shape index (κ3) is 4.62. The average molecular weight is 363 g/mol. The van der Waals surface area contributed by atoms with Gasteiger partial charge in [0.25, 0.3) is 0 Å². The number of nitro groups is 1. The van der Waals surface area contributed by atoms with Gasteiger partial charge >= 0.3 is 5.69 Å². The Bertz CT molecular complexity index is 549. The Morgan fingerprint density at radius 1 is 1.62 bits per heavy atom. The first-order valence-corrected chi connectivity index (χ1v) is 7.30. The van der Waals surface area contributed by atoms with Crippen LogP contribution in [0.25, 0.3) is 0 Å². The molecule has 6 nitrogen and oxygen atoms in total. The van der Waals surface area contributed by atoms with Crippen molar-refractivity contribution in [3.05, 3.63) is 32.5 Å². The molecule has 1 fully saturated rings. The van der Waals surface area contributed by atoms with Gasteiger partial charge in [0.05, 0.1) is 9.40 Å². The first kappa shape index (κ1) is 16.1. The highest BCUT2D eigenvalue weighted by molar-refractivity contribution is 9.10. The van der Waals surface area contributed by atoms with Crippen molar-refractivity contribution >= 4 is 21.6 Å². The molecule has 0 amide bonds. The van der Waals surface area contributed by atoms with Crippen LogP contribution < -0.4 is 10.1 Å². The molecule has 21 heavy (non-hydrogen) atoms. The fraction of sp³-hybridized carbons (Fsp3) is 0.538. The molecule has 0 aromatic heterocycles. The van der Waals surface area contributed by atoms with Crippen molar-refractivity contribution in [2.75, 3.05) is 13.2 Å². The van der Waals surface area contributed by atoms with Crippen LogP contribution in [-0.4, -0.2) is 34.8 Å². The molecule has 1 aromatic rings. The standard InChI is InChI=1S/C13H16BrFN2O4/c1-13(18,6-16-8-2-3-8)7-21-12-5-10(15)9(14)4-11(12)17(19)20/h4-5,8,16,18H,2-3,6-7H2,1H3. The molecular formula is C13H16BrFN2O4. The molecule has 1 saturated carbocycles. The largest absolute Gasteiger partial charge is 0.484 e. The lowest BCUT2D eigenvalue weighted by Gasteiger charge is -2.23. The quantitative estimate of drug-likeness (QED) is 0.574. The highest BCUT2D eigenvalue weighted by Crippen LogP contribution is 2.33. The lowest BCUT2D eigenvalue weighted by atomic mass is 10.1. The number of benzene rings is 1. The Kier molecular flexibility index (Phi) is 4.80. The summed E-state index contributed by atoms with van der Waals surface area (Å²) in [6.07, 6.45) is 2.17. The second-order valence-electron chi connectivity index (χ2n) is 5.43. The summed E-state index contributed by atoms with van der Waals surface area (Å²) in [6, 6.07) is 2.41. The van der Waals surface area contributed by atoms with Crippen molar-refractivity contribution in [2.24, 2.45) is 0 Å². The summed E-state index contributed by atoms with van der Waals surface area (Å²) in [6.45, 7) is 1.70. The van der Waals surface area contributed by atoms with Gasteiger partial charge in [0.2, 0.25) is 0 Å². The number of aliphatic hydroxyl groups is 1. The van der Waals surface area contributed by atoms with Crippen molar-refractivity contribution in [3.8, 4) is 5.75 Å². The number of nitro benzene ring substituents is 1. The van der Waals surface area contributed by atoms with Crippen molar-refractivity contribution in [1.82, 2.24) is 5.32 Å². The number of halogens is 2. The smallest absolute Gasteiger partial charge is 0.312 e. The number of hydrogen-bond acceptors (Lipinski definition) is 5. The van der Waals surface area contributed by atoms with Crippen molar-refractivity contribution in [2.45, 2.75) is 31.4 Å². The lowest BCUT2D eigenvalue weighted by Crippen LogP contribution is -2.43. The monoisotopic (exact) mass is 362 g/mol. The van der Waals surface area contributed by atoms with Gasteiger partial charge in [-0.2, -0.15) is 0 Å². The van der Waals surface area contributed by atoms with Crippen LogP contribution in [0.1, 0.15) is 19.8 Å². The van der Waals surface area contributed by atoms with Gasteiger partial charge < -0.3 is 15.2 Å². The van der Waals surface area contributed by atoms with Crippen LogP contribution in [0.15, 0.2) is 16.6 Å². The molecular weight excluding hydrogens is 347 g/mol. The van der Waals surface area contributed by atoms with Crippen LogP contribution in [0.4, 0.5) is 10.1 Å². The third-order valence-electron chi connectivity index (χ3n) is 3.09. The molecule has 1 atom stereocenters. The predicted molar refractivity (Wildman–Crippen MR) is 77.9 cm³/mol. The van der Waals surface area contributed by atoms with E-state index in [-0.39, 0.29) is 22.5 Å². The zero-order valence-electron chi connectivity index (χ0n) is 11.4. The van der Waals surface area contributed by atoms with Crippen molar-refractivity contribution in [3.63, 3.8) is 0 Å². The number of rotatable bonds is 7. The zero-order chi connectivity index (χ0) is 15.6. The molecule has 2 N–H and O–H groups in total. The second kappa shape index (κ2) is 6.25. The minimum absolute atomic E-state index is 0.0105. The molecule has 2 rings (SSSR count). The van der Waals surface area contributed by atoms with Gasteiger partial charge in [0.1, 0.15) is 18.0 Å². The van der Waals surface area contributed by atoms with E-state index in [2.05, 4.69) is 21.2 Å². The predicted octanol–water partition coefficient (Wildman–Crippen LogP) is 2.38.